The molecule has 3 rings (SSSR count). The van der Waals surface area contributed by atoms with Crippen molar-refractivity contribution >= 4 is 24.2 Å². The molecule has 2 saturated heterocycles. The molecular formula is C16H28ClN3O2. The van der Waals surface area contributed by atoms with E-state index >= 15 is 0 Å². The predicted octanol–water partition coefficient (Wildman–Crippen LogP) is 1.46. The van der Waals surface area contributed by atoms with Crippen molar-refractivity contribution in [1.82, 2.24) is 15.5 Å². The van der Waals surface area contributed by atoms with E-state index in [-0.39, 0.29) is 36.8 Å². The highest BCUT2D eigenvalue weighted by Crippen LogP contribution is 2.33. The molecule has 0 radical (unpaired) electrons. The third-order valence-corrected chi connectivity index (χ3v) is 5.30. The van der Waals surface area contributed by atoms with Crippen molar-refractivity contribution in [2.24, 2.45) is 5.92 Å². The smallest absolute Gasteiger partial charge is 0.241 e. The van der Waals surface area contributed by atoms with Crippen LogP contribution < -0.4 is 10.6 Å². The quantitative estimate of drug-likeness (QED) is 0.824. The first kappa shape index (κ1) is 17.5. The molecule has 2 N–H and O–H groups in total. The van der Waals surface area contributed by atoms with Crippen LogP contribution in [0.1, 0.15) is 51.4 Å². The minimum Gasteiger partial charge on any atom is -0.346 e. The molecule has 126 valence electrons. The van der Waals surface area contributed by atoms with Gasteiger partial charge in [-0.15, -0.1) is 12.4 Å². The highest BCUT2D eigenvalue weighted by molar-refractivity contribution is 5.87. The Morgan fingerprint density at radius 1 is 1.05 bits per heavy atom. The lowest BCUT2D eigenvalue weighted by molar-refractivity contribution is -0.134. The van der Waals surface area contributed by atoms with E-state index in [0.29, 0.717) is 12.0 Å². The second-order valence-electron chi connectivity index (χ2n) is 6.77. The van der Waals surface area contributed by atoms with Crippen LogP contribution in [0, 0.1) is 5.92 Å². The van der Waals surface area contributed by atoms with Crippen molar-refractivity contribution in [1.29, 1.82) is 0 Å². The molecule has 0 aromatic carbocycles. The number of nitrogens with zero attached hydrogens (tertiary/aromatic N) is 1. The number of carbonyl (C=O) groups excluding carboxylic acids is 2. The van der Waals surface area contributed by atoms with Gasteiger partial charge in [0.2, 0.25) is 11.8 Å². The molecule has 0 spiro atoms. The number of halogens is 1. The maximum atomic E-state index is 12.2. The van der Waals surface area contributed by atoms with Gasteiger partial charge in [0.25, 0.3) is 0 Å². The third kappa shape index (κ3) is 4.13. The van der Waals surface area contributed by atoms with Crippen molar-refractivity contribution in [3.63, 3.8) is 0 Å². The molecule has 3 fully saturated rings. The average molecular weight is 330 g/mol. The SMILES string of the molecule is Cl.O=C(NCC(=O)N1CCCCC1)C1CC2CCCCC2N1. The van der Waals surface area contributed by atoms with Crippen LogP contribution in [0.2, 0.25) is 0 Å². The fraction of sp³-hybridized carbons (Fsp3) is 0.875. The summed E-state index contributed by atoms with van der Waals surface area (Å²) in [6.07, 6.45) is 9.34. The van der Waals surface area contributed by atoms with Crippen LogP contribution >= 0.6 is 12.4 Å². The molecule has 0 aromatic heterocycles. The Labute approximate surface area is 139 Å². The summed E-state index contributed by atoms with van der Waals surface area (Å²) in [6, 6.07) is 0.430. The topological polar surface area (TPSA) is 61.4 Å². The van der Waals surface area contributed by atoms with Gasteiger partial charge >= 0.3 is 0 Å². The van der Waals surface area contributed by atoms with Crippen LogP contribution in [0.4, 0.5) is 0 Å². The molecule has 0 bridgehead atoms. The lowest BCUT2D eigenvalue weighted by Gasteiger charge is -2.27. The van der Waals surface area contributed by atoms with Crippen LogP contribution in [-0.2, 0) is 9.59 Å². The monoisotopic (exact) mass is 329 g/mol. The number of fused-ring (bicyclic) bond motifs is 1. The first-order chi connectivity index (χ1) is 10.2. The standard InChI is InChI=1S/C16H27N3O2.ClH/c20-15(19-8-4-1-5-9-19)11-17-16(21)14-10-12-6-2-3-7-13(12)18-14;/h12-14,18H,1-11H2,(H,17,21);1H. The van der Waals surface area contributed by atoms with Crippen LogP contribution in [0.3, 0.4) is 0 Å². The van der Waals surface area contributed by atoms with Gasteiger partial charge in [0.1, 0.15) is 0 Å². The zero-order chi connectivity index (χ0) is 14.7. The molecule has 2 amide bonds. The predicted molar refractivity (Wildman–Crippen MR) is 88.0 cm³/mol. The number of hydrogen-bond donors (Lipinski definition) is 2. The van der Waals surface area contributed by atoms with Gasteiger partial charge in [-0.1, -0.05) is 12.8 Å². The van der Waals surface area contributed by atoms with Gasteiger partial charge in [-0.2, -0.15) is 0 Å². The Morgan fingerprint density at radius 3 is 2.50 bits per heavy atom. The van der Waals surface area contributed by atoms with Crippen LogP contribution in [0.15, 0.2) is 0 Å². The van der Waals surface area contributed by atoms with Crippen molar-refractivity contribution < 1.29 is 9.59 Å². The first-order valence-corrected chi connectivity index (χ1v) is 8.55. The van der Waals surface area contributed by atoms with Gasteiger partial charge in [-0.05, 0) is 44.4 Å². The number of amides is 2. The Hall–Kier alpha value is -0.810. The molecule has 1 aliphatic carbocycles. The number of rotatable bonds is 3. The molecule has 5 nitrogen and oxygen atoms in total. The fourth-order valence-electron chi connectivity index (χ4n) is 4.06. The summed E-state index contributed by atoms with van der Waals surface area (Å²) >= 11 is 0. The first-order valence-electron chi connectivity index (χ1n) is 8.55. The van der Waals surface area contributed by atoms with E-state index in [2.05, 4.69) is 10.6 Å². The molecular weight excluding hydrogens is 302 g/mol. The molecule has 3 aliphatic rings. The summed E-state index contributed by atoms with van der Waals surface area (Å²) in [6.45, 7) is 1.85. The second-order valence-corrected chi connectivity index (χ2v) is 6.77. The van der Waals surface area contributed by atoms with Gasteiger partial charge in [0.15, 0.2) is 0 Å². The Kier molecular flexibility index (Phi) is 6.50. The normalized spacial score (nSPS) is 31.1. The molecule has 6 heteroatoms. The van der Waals surface area contributed by atoms with Crippen LogP contribution in [0.5, 0.6) is 0 Å². The van der Waals surface area contributed by atoms with E-state index in [0.717, 1.165) is 32.4 Å². The maximum Gasteiger partial charge on any atom is 0.241 e. The highest BCUT2D eigenvalue weighted by Gasteiger charge is 2.38. The molecule has 2 aliphatic heterocycles. The minimum absolute atomic E-state index is 0. The summed E-state index contributed by atoms with van der Waals surface area (Å²) in [4.78, 5) is 26.2. The number of likely N-dealkylation sites (tertiary alicyclic amines) is 1. The van der Waals surface area contributed by atoms with E-state index < -0.39 is 0 Å². The Balaban J connectivity index is 0.00000176. The molecule has 2 heterocycles. The minimum atomic E-state index is -0.0905. The number of carbonyl (C=O) groups is 2. The zero-order valence-electron chi connectivity index (χ0n) is 13.2. The molecule has 3 unspecified atom stereocenters. The van der Waals surface area contributed by atoms with E-state index in [1.54, 1.807) is 0 Å². The van der Waals surface area contributed by atoms with Gasteiger partial charge in [0, 0.05) is 19.1 Å². The van der Waals surface area contributed by atoms with E-state index in [4.69, 9.17) is 0 Å². The Morgan fingerprint density at radius 2 is 1.77 bits per heavy atom. The van der Waals surface area contributed by atoms with Gasteiger partial charge in [-0.3, -0.25) is 9.59 Å². The van der Waals surface area contributed by atoms with Crippen LogP contribution in [-0.4, -0.2) is 48.4 Å². The number of hydrogen-bond acceptors (Lipinski definition) is 3. The zero-order valence-corrected chi connectivity index (χ0v) is 14.0. The fourth-order valence-corrected chi connectivity index (χ4v) is 4.06. The lowest BCUT2D eigenvalue weighted by atomic mass is 9.85. The van der Waals surface area contributed by atoms with Gasteiger partial charge in [0.05, 0.1) is 12.6 Å². The van der Waals surface area contributed by atoms with Gasteiger partial charge in [-0.25, -0.2) is 0 Å². The lowest BCUT2D eigenvalue weighted by Crippen LogP contribution is -2.47. The van der Waals surface area contributed by atoms with E-state index in [9.17, 15) is 9.59 Å². The molecule has 22 heavy (non-hydrogen) atoms. The van der Waals surface area contributed by atoms with E-state index in [1.807, 2.05) is 4.90 Å². The molecule has 1 saturated carbocycles. The van der Waals surface area contributed by atoms with Crippen molar-refractivity contribution in [2.45, 2.75) is 63.5 Å². The van der Waals surface area contributed by atoms with Gasteiger partial charge < -0.3 is 15.5 Å². The largest absolute Gasteiger partial charge is 0.346 e. The van der Waals surface area contributed by atoms with Crippen molar-refractivity contribution in [3.05, 3.63) is 0 Å². The second kappa shape index (κ2) is 8.16. The average Bonchev–Trinajstić information content (AvgIpc) is 2.97. The number of nitrogens with one attached hydrogen (secondary N) is 2. The van der Waals surface area contributed by atoms with Crippen molar-refractivity contribution in [3.8, 4) is 0 Å². The van der Waals surface area contributed by atoms with Crippen molar-refractivity contribution in [2.75, 3.05) is 19.6 Å². The maximum absolute atomic E-state index is 12.2. The molecule has 0 aromatic rings. The summed E-state index contributed by atoms with van der Waals surface area (Å²) in [5, 5.41) is 6.30. The Bertz CT molecular complexity index is 385. The van der Waals surface area contributed by atoms with Crippen LogP contribution in [0.25, 0.3) is 0 Å². The summed E-state index contributed by atoms with van der Waals surface area (Å²) in [7, 11) is 0. The van der Waals surface area contributed by atoms with E-state index in [1.165, 1.54) is 32.1 Å². The molecule has 3 atom stereocenters. The highest BCUT2D eigenvalue weighted by atomic mass is 35.5. The summed E-state index contributed by atoms with van der Waals surface area (Å²) < 4.78 is 0. The summed E-state index contributed by atoms with van der Waals surface area (Å²) in [5.41, 5.74) is 0. The number of piperidine rings is 1. The summed E-state index contributed by atoms with van der Waals surface area (Å²) in [5.74, 6) is 0.737. The third-order valence-electron chi connectivity index (χ3n) is 5.30.